The van der Waals surface area contributed by atoms with E-state index in [1.807, 2.05) is 0 Å². The number of carbonyl (C=O) groups is 1. The Bertz CT molecular complexity index is 430. The molecule has 0 bridgehead atoms. The molecular weight excluding hydrogens is 266 g/mol. The average molecular weight is 278 g/mol. The molecule has 0 amide bonds. The normalized spacial score (nSPS) is 14.3. The highest BCUT2D eigenvalue weighted by atomic mass is 32.1. The van der Waals surface area contributed by atoms with Crippen molar-refractivity contribution in [3.63, 3.8) is 0 Å². The molecule has 0 fully saturated rings. The Morgan fingerprint density at radius 3 is 2.17 bits per heavy atom. The second-order valence-corrected chi connectivity index (χ2v) is 4.14. The lowest BCUT2D eigenvalue weighted by Gasteiger charge is -2.17. The summed E-state index contributed by atoms with van der Waals surface area (Å²) in [6, 6.07) is 1.39. The van der Waals surface area contributed by atoms with E-state index in [4.69, 9.17) is 5.11 Å². The molecule has 1 aromatic rings. The first-order valence-corrected chi connectivity index (χ1v) is 5.71. The molecular formula is C11H12F2O4S. The minimum atomic E-state index is -1.73. The van der Waals surface area contributed by atoms with Crippen LogP contribution < -0.4 is 0 Å². The van der Waals surface area contributed by atoms with E-state index in [9.17, 15) is 23.8 Å². The summed E-state index contributed by atoms with van der Waals surface area (Å²) in [5, 5.41) is 27.7. The second kappa shape index (κ2) is 6.12. The van der Waals surface area contributed by atoms with Gasteiger partial charge in [0.15, 0.2) is 0 Å². The summed E-state index contributed by atoms with van der Waals surface area (Å²) < 4.78 is 26.7. The molecule has 0 saturated heterocycles. The SMILES string of the molecule is O=C(O)c1c(F)cc(C(O)C(O)CCS)cc1F. The molecule has 4 nitrogen and oxygen atoms in total. The van der Waals surface area contributed by atoms with Crippen molar-refractivity contribution in [2.75, 3.05) is 5.75 Å². The summed E-state index contributed by atoms with van der Waals surface area (Å²) in [6.07, 6.45) is -2.59. The number of halogens is 2. The van der Waals surface area contributed by atoms with E-state index in [-0.39, 0.29) is 17.7 Å². The maximum absolute atomic E-state index is 13.3. The predicted octanol–water partition coefficient (Wildman–Crippen LogP) is 1.38. The van der Waals surface area contributed by atoms with Crippen LogP contribution in [0.3, 0.4) is 0 Å². The van der Waals surface area contributed by atoms with Crippen molar-refractivity contribution in [3.8, 4) is 0 Å². The van der Waals surface area contributed by atoms with E-state index in [1.54, 1.807) is 0 Å². The molecule has 0 heterocycles. The van der Waals surface area contributed by atoms with Crippen molar-refractivity contribution in [1.29, 1.82) is 0 Å². The molecule has 1 aromatic carbocycles. The fourth-order valence-electron chi connectivity index (χ4n) is 1.48. The molecule has 0 aliphatic rings. The number of aliphatic hydroxyl groups is 2. The molecule has 0 radical (unpaired) electrons. The zero-order chi connectivity index (χ0) is 13.9. The highest BCUT2D eigenvalue weighted by molar-refractivity contribution is 7.80. The molecule has 3 N–H and O–H groups in total. The number of benzene rings is 1. The molecule has 100 valence electrons. The predicted molar refractivity (Wildman–Crippen MR) is 62.8 cm³/mol. The number of rotatable bonds is 5. The van der Waals surface area contributed by atoms with Gasteiger partial charge >= 0.3 is 5.97 Å². The zero-order valence-electron chi connectivity index (χ0n) is 9.18. The first kappa shape index (κ1) is 14.9. The van der Waals surface area contributed by atoms with Gasteiger partial charge in [0, 0.05) is 0 Å². The minimum absolute atomic E-state index is 0.133. The van der Waals surface area contributed by atoms with Crippen LogP contribution in [0.5, 0.6) is 0 Å². The Kier molecular flexibility index (Phi) is 5.06. The van der Waals surface area contributed by atoms with Crippen LogP contribution in [0.25, 0.3) is 0 Å². The largest absolute Gasteiger partial charge is 0.477 e. The maximum Gasteiger partial charge on any atom is 0.341 e. The van der Waals surface area contributed by atoms with Crippen LogP contribution in [0.15, 0.2) is 12.1 Å². The highest BCUT2D eigenvalue weighted by Crippen LogP contribution is 2.24. The van der Waals surface area contributed by atoms with Gasteiger partial charge in [-0.1, -0.05) is 0 Å². The summed E-state index contributed by atoms with van der Waals surface area (Å²) in [7, 11) is 0. The molecule has 0 aromatic heterocycles. The number of thiol groups is 1. The maximum atomic E-state index is 13.3. The van der Waals surface area contributed by atoms with E-state index >= 15 is 0 Å². The van der Waals surface area contributed by atoms with Gasteiger partial charge < -0.3 is 15.3 Å². The molecule has 7 heteroatoms. The van der Waals surface area contributed by atoms with Crippen LogP contribution in [-0.2, 0) is 0 Å². The fourth-order valence-corrected chi connectivity index (χ4v) is 1.74. The number of hydrogen-bond donors (Lipinski definition) is 4. The van der Waals surface area contributed by atoms with E-state index in [0.29, 0.717) is 12.1 Å². The third-order valence-corrected chi connectivity index (χ3v) is 2.67. The van der Waals surface area contributed by atoms with Crippen molar-refractivity contribution in [2.45, 2.75) is 18.6 Å². The van der Waals surface area contributed by atoms with E-state index in [1.165, 1.54) is 0 Å². The summed E-state index contributed by atoms with van der Waals surface area (Å²) in [5.74, 6) is -4.04. The molecule has 2 unspecified atom stereocenters. The number of aliphatic hydroxyl groups excluding tert-OH is 2. The zero-order valence-corrected chi connectivity index (χ0v) is 10.1. The van der Waals surface area contributed by atoms with Gasteiger partial charge in [-0.25, -0.2) is 13.6 Å². The Morgan fingerprint density at radius 2 is 1.78 bits per heavy atom. The van der Waals surface area contributed by atoms with Gasteiger partial charge in [-0.15, -0.1) is 0 Å². The Balaban J connectivity index is 3.10. The monoisotopic (exact) mass is 278 g/mol. The third kappa shape index (κ3) is 3.18. The van der Waals surface area contributed by atoms with Crippen molar-refractivity contribution in [2.24, 2.45) is 0 Å². The average Bonchev–Trinajstić information content (AvgIpc) is 2.26. The van der Waals surface area contributed by atoms with Gasteiger partial charge in [0.05, 0.1) is 6.10 Å². The fraction of sp³-hybridized carbons (Fsp3) is 0.364. The Hall–Kier alpha value is -1.18. The molecule has 18 heavy (non-hydrogen) atoms. The molecule has 0 aliphatic heterocycles. The summed E-state index contributed by atoms with van der Waals surface area (Å²) in [5.41, 5.74) is -1.31. The first-order chi connectivity index (χ1) is 8.38. The molecule has 2 atom stereocenters. The topological polar surface area (TPSA) is 77.8 Å². The number of carboxylic acid groups (broad SMARTS) is 1. The van der Waals surface area contributed by atoms with Crippen LogP contribution in [0.1, 0.15) is 28.4 Å². The van der Waals surface area contributed by atoms with Crippen molar-refractivity contribution < 1.29 is 28.9 Å². The van der Waals surface area contributed by atoms with Crippen molar-refractivity contribution in [3.05, 3.63) is 34.9 Å². The lowest BCUT2D eigenvalue weighted by molar-refractivity contribution is 0.0169. The van der Waals surface area contributed by atoms with Crippen LogP contribution >= 0.6 is 12.6 Å². The lowest BCUT2D eigenvalue weighted by Crippen LogP contribution is -2.19. The summed E-state index contributed by atoms with van der Waals surface area (Å²) in [6.45, 7) is 0. The Morgan fingerprint density at radius 1 is 1.28 bits per heavy atom. The van der Waals surface area contributed by atoms with E-state index < -0.39 is 35.4 Å². The van der Waals surface area contributed by atoms with E-state index in [2.05, 4.69) is 12.6 Å². The van der Waals surface area contributed by atoms with Gasteiger partial charge in [0.2, 0.25) is 0 Å². The molecule has 0 aliphatic carbocycles. The van der Waals surface area contributed by atoms with Crippen molar-refractivity contribution >= 4 is 18.6 Å². The molecule has 0 saturated carbocycles. The molecule has 0 spiro atoms. The Labute approximate surface area is 107 Å². The summed E-state index contributed by atoms with van der Waals surface area (Å²) in [4.78, 5) is 10.6. The standard InChI is InChI=1S/C11H12F2O4S/c12-6-3-5(10(15)8(14)1-2-18)4-7(13)9(6)11(16)17/h3-4,8,10,14-15,18H,1-2H2,(H,16,17). The first-order valence-electron chi connectivity index (χ1n) is 5.07. The highest BCUT2D eigenvalue weighted by Gasteiger charge is 2.23. The summed E-state index contributed by atoms with van der Waals surface area (Å²) >= 11 is 3.85. The number of hydrogen-bond acceptors (Lipinski definition) is 4. The van der Waals surface area contributed by atoms with Crippen LogP contribution in [0.4, 0.5) is 8.78 Å². The van der Waals surface area contributed by atoms with E-state index in [0.717, 1.165) is 0 Å². The lowest BCUT2D eigenvalue weighted by atomic mass is 10.0. The minimum Gasteiger partial charge on any atom is -0.477 e. The smallest absolute Gasteiger partial charge is 0.341 e. The third-order valence-electron chi connectivity index (χ3n) is 2.41. The quantitative estimate of drug-likeness (QED) is 0.614. The number of aromatic carboxylic acids is 1. The molecule has 1 rings (SSSR count). The van der Waals surface area contributed by atoms with Crippen LogP contribution in [0, 0.1) is 11.6 Å². The van der Waals surface area contributed by atoms with Crippen LogP contribution in [0.2, 0.25) is 0 Å². The van der Waals surface area contributed by atoms with Gasteiger partial charge in [-0.05, 0) is 29.9 Å². The van der Waals surface area contributed by atoms with Gasteiger partial charge in [-0.3, -0.25) is 0 Å². The van der Waals surface area contributed by atoms with Gasteiger partial charge in [0.25, 0.3) is 0 Å². The van der Waals surface area contributed by atoms with Gasteiger partial charge in [-0.2, -0.15) is 12.6 Å². The van der Waals surface area contributed by atoms with Gasteiger partial charge in [0.1, 0.15) is 23.3 Å². The van der Waals surface area contributed by atoms with Crippen LogP contribution in [-0.4, -0.2) is 33.1 Å². The number of carboxylic acids is 1. The second-order valence-electron chi connectivity index (χ2n) is 3.69. The van der Waals surface area contributed by atoms with Crippen molar-refractivity contribution in [1.82, 2.24) is 0 Å².